The Morgan fingerprint density at radius 1 is 1.07 bits per heavy atom. The van der Waals surface area contributed by atoms with E-state index in [0.717, 1.165) is 5.56 Å². The van der Waals surface area contributed by atoms with E-state index >= 15 is 0 Å². The van der Waals surface area contributed by atoms with Crippen molar-refractivity contribution in [2.75, 3.05) is 7.11 Å². The fourth-order valence-corrected chi connectivity index (χ4v) is 3.11. The van der Waals surface area contributed by atoms with E-state index in [1.165, 1.54) is 12.1 Å². The van der Waals surface area contributed by atoms with Gasteiger partial charge in [-0.3, -0.25) is 0 Å². The molecule has 0 fully saturated rings. The number of aromatic nitrogens is 1. The maximum Gasteiger partial charge on any atom is 0.393 e. The van der Waals surface area contributed by atoms with E-state index < -0.39 is 12.6 Å². The van der Waals surface area contributed by atoms with Crippen LogP contribution in [0, 0.1) is 23.2 Å². The van der Waals surface area contributed by atoms with Gasteiger partial charge in [-0.05, 0) is 48.7 Å². The van der Waals surface area contributed by atoms with Gasteiger partial charge in [-0.15, -0.1) is 0 Å². The van der Waals surface area contributed by atoms with Gasteiger partial charge in [0.1, 0.15) is 17.5 Å². The Balaban J connectivity index is 2.11. The van der Waals surface area contributed by atoms with Crippen LogP contribution >= 0.6 is 0 Å². The molecular weight excluding hydrogens is 365 g/mol. The first kappa shape index (κ1) is 19.4. The van der Waals surface area contributed by atoms with E-state index in [1.54, 1.807) is 42.0 Å². The highest BCUT2D eigenvalue weighted by Crippen LogP contribution is 2.29. The monoisotopic (exact) mass is 382 g/mol. The molecule has 3 aromatic rings. The van der Waals surface area contributed by atoms with Gasteiger partial charge in [0.2, 0.25) is 0 Å². The maximum atomic E-state index is 12.7. The summed E-state index contributed by atoms with van der Waals surface area (Å²) in [7, 11) is 1.58. The standard InChI is InChI=1S/C22H17F3N2O/c1-3-27-20(11-7-15-4-8-17(28-2)9-5-15)19(14-26)18-10-6-16(12-21(18)27)13-22(23,24)25/h4-6,8-10,12H,3,13H2,1-2H3. The SMILES string of the molecule is CCn1c(C#Cc2ccc(OC)cc2)c(C#N)c2ccc(CC(F)(F)F)cc21. The molecule has 0 saturated heterocycles. The molecule has 0 aliphatic rings. The molecule has 3 nitrogen and oxygen atoms in total. The Bertz CT molecular complexity index is 1110. The molecule has 0 spiro atoms. The first-order valence-corrected chi connectivity index (χ1v) is 8.64. The fraction of sp³-hybridized carbons (Fsp3) is 0.227. The van der Waals surface area contributed by atoms with Crippen molar-refractivity contribution in [1.82, 2.24) is 4.57 Å². The number of aryl methyl sites for hydroxylation is 1. The van der Waals surface area contributed by atoms with E-state index in [9.17, 15) is 18.4 Å². The minimum absolute atomic E-state index is 0.159. The smallest absolute Gasteiger partial charge is 0.393 e. The first-order valence-electron chi connectivity index (χ1n) is 8.64. The minimum Gasteiger partial charge on any atom is -0.497 e. The second kappa shape index (κ2) is 7.70. The molecule has 0 atom stereocenters. The van der Waals surface area contributed by atoms with Gasteiger partial charge in [-0.25, -0.2) is 0 Å². The number of rotatable bonds is 3. The average molecular weight is 382 g/mol. The number of benzene rings is 2. The van der Waals surface area contributed by atoms with Crippen LogP contribution in [0.25, 0.3) is 10.9 Å². The summed E-state index contributed by atoms with van der Waals surface area (Å²) in [4.78, 5) is 0. The van der Waals surface area contributed by atoms with Crippen molar-refractivity contribution in [1.29, 1.82) is 5.26 Å². The number of nitrogens with zero attached hydrogens (tertiary/aromatic N) is 2. The highest BCUT2D eigenvalue weighted by Gasteiger charge is 2.28. The zero-order valence-electron chi connectivity index (χ0n) is 15.4. The Kier molecular flexibility index (Phi) is 5.33. The molecule has 0 unspecified atom stereocenters. The van der Waals surface area contributed by atoms with Crippen LogP contribution in [0.15, 0.2) is 42.5 Å². The van der Waals surface area contributed by atoms with Crippen LogP contribution in [0.3, 0.4) is 0 Å². The van der Waals surface area contributed by atoms with E-state index in [4.69, 9.17) is 4.74 Å². The van der Waals surface area contributed by atoms with Crippen molar-refractivity contribution in [2.45, 2.75) is 26.1 Å². The number of hydrogen-bond acceptors (Lipinski definition) is 2. The summed E-state index contributed by atoms with van der Waals surface area (Å²) in [5, 5.41) is 10.2. The molecule has 28 heavy (non-hydrogen) atoms. The predicted octanol–water partition coefficient (Wildman–Crippen LogP) is 5.05. The number of methoxy groups -OCH3 is 1. The van der Waals surface area contributed by atoms with Gasteiger partial charge >= 0.3 is 6.18 Å². The zero-order chi connectivity index (χ0) is 20.3. The first-order chi connectivity index (χ1) is 13.4. The molecule has 0 aliphatic heterocycles. The van der Waals surface area contributed by atoms with E-state index in [0.29, 0.717) is 34.5 Å². The molecule has 0 bridgehead atoms. The zero-order valence-corrected chi connectivity index (χ0v) is 15.4. The number of ether oxygens (including phenoxy) is 1. The number of fused-ring (bicyclic) bond motifs is 1. The van der Waals surface area contributed by atoms with Gasteiger partial charge in [0.05, 0.1) is 24.6 Å². The number of halogens is 3. The topological polar surface area (TPSA) is 38.0 Å². The molecule has 1 aromatic heterocycles. The molecule has 0 saturated carbocycles. The van der Waals surface area contributed by atoms with Crippen molar-refractivity contribution in [3.05, 3.63) is 64.8 Å². The van der Waals surface area contributed by atoms with Crippen LogP contribution in [-0.2, 0) is 13.0 Å². The van der Waals surface area contributed by atoms with Gasteiger partial charge in [0.15, 0.2) is 0 Å². The summed E-state index contributed by atoms with van der Waals surface area (Å²) in [5.41, 5.74) is 2.36. The van der Waals surface area contributed by atoms with Crippen LogP contribution < -0.4 is 4.74 Å². The maximum absolute atomic E-state index is 12.7. The van der Waals surface area contributed by atoms with Gasteiger partial charge < -0.3 is 9.30 Å². The molecule has 2 aromatic carbocycles. The van der Waals surface area contributed by atoms with Crippen LogP contribution in [0.5, 0.6) is 5.75 Å². The molecule has 0 amide bonds. The van der Waals surface area contributed by atoms with Gasteiger partial charge in [0.25, 0.3) is 0 Å². The molecule has 0 N–H and O–H groups in total. The molecule has 142 valence electrons. The lowest BCUT2D eigenvalue weighted by Gasteiger charge is -2.08. The average Bonchev–Trinajstić information content (AvgIpc) is 2.97. The largest absolute Gasteiger partial charge is 0.497 e. The highest BCUT2D eigenvalue weighted by atomic mass is 19.4. The second-order valence-electron chi connectivity index (χ2n) is 6.20. The summed E-state index contributed by atoms with van der Waals surface area (Å²) in [6, 6.07) is 13.8. The molecule has 0 radical (unpaired) electrons. The van der Waals surface area contributed by atoms with Crippen LogP contribution in [0.2, 0.25) is 0 Å². The molecule has 3 rings (SSSR count). The lowest BCUT2D eigenvalue weighted by molar-refractivity contribution is -0.127. The highest BCUT2D eigenvalue weighted by molar-refractivity contribution is 5.90. The number of hydrogen-bond donors (Lipinski definition) is 0. The van der Waals surface area contributed by atoms with E-state index in [2.05, 4.69) is 17.9 Å². The van der Waals surface area contributed by atoms with E-state index in [-0.39, 0.29) is 5.56 Å². The molecule has 1 heterocycles. The van der Waals surface area contributed by atoms with Crippen molar-refractivity contribution < 1.29 is 17.9 Å². The van der Waals surface area contributed by atoms with Gasteiger partial charge in [-0.2, -0.15) is 18.4 Å². The molecular formula is C22H17F3N2O. The Morgan fingerprint density at radius 3 is 2.36 bits per heavy atom. The minimum atomic E-state index is -4.29. The van der Waals surface area contributed by atoms with Crippen molar-refractivity contribution >= 4 is 10.9 Å². The Morgan fingerprint density at radius 2 is 1.79 bits per heavy atom. The molecule has 6 heteroatoms. The summed E-state index contributed by atoms with van der Waals surface area (Å²) in [5.74, 6) is 6.75. The quantitative estimate of drug-likeness (QED) is 0.595. The van der Waals surface area contributed by atoms with E-state index in [1.807, 2.05) is 6.92 Å². The second-order valence-corrected chi connectivity index (χ2v) is 6.20. The number of nitriles is 1. The summed E-state index contributed by atoms with van der Waals surface area (Å²) < 4.78 is 45.1. The van der Waals surface area contributed by atoms with Crippen LogP contribution in [-0.4, -0.2) is 17.9 Å². The van der Waals surface area contributed by atoms with Gasteiger partial charge in [-0.1, -0.05) is 18.1 Å². The Labute approximate surface area is 161 Å². The van der Waals surface area contributed by atoms with Crippen molar-refractivity contribution in [2.24, 2.45) is 0 Å². The number of alkyl halides is 3. The van der Waals surface area contributed by atoms with Crippen molar-refractivity contribution in [3.63, 3.8) is 0 Å². The fourth-order valence-electron chi connectivity index (χ4n) is 3.11. The van der Waals surface area contributed by atoms with Gasteiger partial charge in [0, 0.05) is 17.5 Å². The third-order valence-corrected chi connectivity index (χ3v) is 4.38. The lowest BCUT2D eigenvalue weighted by Crippen LogP contribution is -2.11. The normalized spacial score (nSPS) is 11.0. The summed E-state index contributed by atoms with van der Waals surface area (Å²) >= 11 is 0. The summed E-state index contributed by atoms with van der Waals surface area (Å²) in [6.07, 6.45) is -5.29. The third-order valence-electron chi connectivity index (χ3n) is 4.38. The molecule has 0 aliphatic carbocycles. The van der Waals surface area contributed by atoms with Crippen LogP contribution in [0.4, 0.5) is 13.2 Å². The summed E-state index contributed by atoms with van der Waals surface area (Å²) in [6.45, 7) is 2.36. The third kappa shape index (κ3) is 3.97. The van der Waals surface area contributed by atoms with Crippen molar-refractivity contribution in [3.8, 4) is 23.7 Å². The van der Waals surface area contributed by atoms with Crippen LogP contribution in [0.1, 0.15) is 29.3 Å². The Hall–Kier alpha value is -3.38. The lowest BCUT2D eigenvalue weighted by atomic mass is 10.1. The predicted molar refractivity (Wildman–Crippen MR) is 101 cm³/mol.